The Bertz CT molecular complexity index is 348. The van der Waals surface area contributed by atoms with Gasteiger partial charge in [0.2, 0.25) is 0 Å². The van der Waals surface area contributed by atoms with Crippen LogP contribution in [0.15, 0.2) is 12.2 Å². The van der Waals surface area contributed by atoms with Crippen molar-refractivity contribution in [3.05, 3.63) is 12.2 Å². The van der Waals surface area contributed by atoms with Crippen LogP contribution in [0.2, 0.25) is 0 Å². The summed E-state index contributed by atoms with van der Waals surface area (Å²) >= 11 is 0. The zero-order valence-electron chi connectivity index (χ0n) is 10.7. The molecule has 0 aliphatic heterocycles. The molecule has 0 atom stereocenters. The number of rotatable bonds is 4. The lowest BCUT2D eigenvalue weighted by molar-refractivity contribution is -0.175. The van der Waals surface area contributed by atoms with E-state index in [4.69, 9.17) is 4.74 Å². The summed E-state index contributed by atoms with van der Waals surface area (Å²) in [6, 6.07) is 0. The number of hydrogen-bond donors (Lipinski definition) is 1. The van der Waals surface area contributed by atoms with E-state index in [-0.39, 0.29) is 0 Å². The maximum atomic E-state index is 12.1. The van der Waals surface area contributed by atoms with Crippen molar-refractivity contribution in [2.75, 3.05) is 0 Å². The van der Waals surface area contributed by atoms with Crippen LogP contribution < -0.4 is 0 Å². The quantitative estimate of drug-likeness (QED) is 0.466. The maximum Gasteiger partial charge on any atom is 0.324 e. The van der Waals surface area contributed by atoms with E-state index in [0.717, 1.165) is 12.8 Å². The number of esters is 1. The van der Waals surface area contributed by atoms with Crippen molar-refractivity contribution in [1.82, 2.24) is 0 Å². The van der Waals surface area contributed by atoms with Gasteiger partial charge in [0.15, 0.2) is 5.41 Å². The van der Waals surface area contributed by atoms with Crippen molar-refractivity contribution in [1.29, 1.82) is 0 Å². The van der Waals surface area contributed by atoms with Gasteiger partial charge in [-0.1, -0.05) is 19.4 Å². The molecule has 0 spiro atoms. The number of carbonyl (C=O) groups is 2. The Morgan fingerprint density at radius 1 is 1.29 bits per heavy atom. The van der Waals surface area contributed by atoms with Gasteiger partial charge in [0.25, 0.3) is 0 Å². The molecule has 1 aliphatic rings. The molecule has 0 aromatic carbocycles. The van der Waals surface area contributed by atoms with Crippen LogP contribution in [0.25, 0.3) is 0 Å². The summed E-state index contributed by atoms with van der Waals surface area (Å²) < 4.78 is 5.33. The van der Waals surface area contributed by atoms with Crippen molar-refractivity contribution in [3.63, 3.8) is 0 Å². The number of ether oxygens (including phenoxy) is 1. The van der Waals surface area contributed by atoms with Gasteiger partial charge < -0.3 is 9.84 Å². The van der Waals surface area contributed by atoms with Gasteiger partial charge in [-0.15, -0.1) is 0 Å². The van der Waals surface area contributed by atoms with Gasteiger partial charge in [-0.05, 0) is 39.2 Å². The molecule has 0 saturated heterocycles. The Hall–Kier alpha value is -1.32. The molecule has 17 heavy (non-hydrogen) atoms. The molecule has 4 heteroatoms. The summed E-state index contributed by atoms with van der Waals surface area (Å²) in [6.07, 6.45) is 2.25. The molecule has 1 rings (SSSR count). The van der Waals surface area contributed by atoms with E-state index in [9.17, 15) is 14.7 Å². The lowest BCUT2D eigenvalue weighted by atomic mass is 9.86. The smallest absolute Gasteiger partial charge is 0.324 e. The normalized spacial score (nSPS) is 18.8. The second-order valence-electron chi connectivity index (χ2n) is 5.27. The Kier molecular flexibility index (Phi) is 3.65. The summed E-state index contributed by atoms with van der Waals surface area (Å²) in [4.78, 5) is 23.4. The van der Waals surface area contributed by atoms with Crippen LogP contribution in [-0.2, 0) is 14.3 Å². The highest BCUT2D eigenvalue weighted by Gasteiger charge is 2.51. The molecule has 0 heterocycles. The van der Waals surface area contributed by atoms with Crippen LogP contribution in [0.4, 0.5) is 0 Å². The number of aliphatic carboxylic acids is 1. The average Bonchev–Trinajstić information content (AvgIpc) is 2.66. The number of carboxylic acid groups (broad SMARTS) is 1. The van der Waals surface area contributed by atoms with E-state index < -0.39 is 23.0 Å². The van der Waals surface area contributed by atoms with E-state index in [2.05, 4.69) is 6.58 Å². The molecule has 1 saturated carbocycles. The number of carbonyl (C=O) groups excluding carboxylic acids is 1. The molecule has 0 amide bonds. The summed E-state index contributed by atoms with van der Waals surface area (Å²) in [7, 11) is 0. The molecule has 0 aromatic heterocycles. The van der Waals surface area contributed by atoms with Crippen LogP contribution in [0.1, 0.15) is 46.5 Å². The van der Waals surface area contributed by atoms with E-state index >= 15 is 0 Å². The molecule has 1 aliphatic carbocycles. The first-order valence-electron chi connectivity index (χ1n) is 5.85. The lowest BCUT2D eigenvalue weighted by Crippen LogP contribution is -2.42. The monoisotopic (exact) mass is 240 g/mol. The number of hydrogen-bond acceptors (Lipinski definition) is 3. The van der Waals surface area contributed by atoms with Gasteiger partial charge in [-0.3, -0.25) is 9.59 Å². The van der Waals surface area contributed by atoms with E-state index in [0.29, 0.717) is 18.4 Å². The Balaban J connectivity index is 2.88. The first kappa shape index (κ1) is 13.7. The molecule has 4 nitrogen and oxygen atoms in total. The van der Waals surface area contributed by atoms with Crippen LogP contribution in [0.3, 0.4) is 0 Å². The highest BCUT2D eigenvalue weighted by atomic mass is 16.6. The summed E-state index contributed by atoms with van der Waals surface area (Å²) in [5.41, 5.74) is -1.46. The summed E-state index contributed by atoms with van der Waals surface area (Å²) in [5.74, 6) is -1.70. The third-order valence-corrected chi connectivity index (χ3v) is 3.63. The third-order valence-electron chi connectivity index (χ3n) is 3.63. The predicted octanol–water partition coefficient (Wildman–Crippen LogP) is 2.53. The first-order valence-corrected chi connectivity index (χ1v) is 5.85. The first-order chi connectivity index (χ1) is 7.72. The van der Waals surface area contributed by atoms with Crippen LogP contribution in [-0.4, -0.2) is 22.6 Å². The van der Waals surface area contributed by atoms with Crippen LogP contribution in [0.5, 0.6) is 0 Å². The second-order valence-corrected chi connectivity index (χ2v) is 5.27. The SMILES string of the molecule is C=C(C)C(C)(C)OC(=O)C1(C(=O)O)CCCC1. The van der Waals surface area contributed by atoms with Crippen molar-refractivity contribution in [2.45, 2.75) is 52.1 Å². The largest absolute Gasteiger partial charge is 0.480 e. The molecule has 0 aromatic rings. The molecular formula is C13H20O4. The summed E-state index contributed by atoms with van der Waals surface area (Å²) in [6.45, 7) is 8.95. The fourth-order valence-corrected chi connectivity index (χ4v) is 1.90. The standard InChI is InChI=1S/C13H20O4/c1-9(2)12(3,4)17-11(16)13(10(14)15)7-5-6-8-13/h1,5-8H2,2-4H3,(H,14,15). The van der Waals surface area contributed by atoms with Gasteiger partial charge in [0, 0.05) is 0 Å². The maximum absolute atomic E-state index is 12.1. The average molecular weight is 240 g/mol. The highest BCUT2D eigenvalue weighted by molar-refractivity contribution is 5.99. The van der Waals surface area contributed by atoms with E-state index in [1.807, 2.05) is 0 Å². The van der Waals surface area contributed by atoms with Crippen molar-refractivity contribution >= 4 is 11.9 Å². The zero-order chi connectivity index (χ0) is 13.3. The van der Waals surface area contributed by atoms with Gasteiger partial charge in [0.1, 0.15) is 5.60 Å². The fourth-order valence-electron chi connectivity index (χ4n) is 1.90. The summed E-state index contributed by atoms with van der Waals surface area (Å²) in [5, 5.41) is 9.25. The van der Waals surface area contributed by atoms with E-state index in [1.165, 1.54) is 0 Å². The van der Waals surface area contributed by atoms with Crippen molar-refractivity contribution < 1.29 is 19.4 Å². The van der Waals surface area contributed by atoms with Gasteiger partial charge in [-0.2, -0.15) is 0 Å². The zero-order valence-corrected chi connectivity index (χ0v) is 10.7. The molecule has 0 unspecified atom stereocenters. The van der Waals surface area contributed by atoms with Crippen LogP contribution in [0, 0.1) is 5.41 Å². The van der Waals surface area contributed by atoms with Crippen molar-refractivity contribution in [3.8, 4) is 0 Å². The lowest BCUT2D eigenvalue weighted by Gasteiger charge is -2.30. The molecule has 1 fully saturated rings. The molecule has 96 valence electrons. The van der Waals surface area contributed by atoms with Gasteiger partial charge in [0.05, 0.1) is 0 Å². The van der Waals surface area contributed by atoms with Gasteiger partial charge in [-0.25, -0.2) is 0 Å². The Morgan fingerprint density at radius 3 is 2.12 bits per heavy atom. The predicted molar refractivity (Wildman–Crippen MR) is 63.5 cm³/mol. The Labute approximate surface area is 102 Å². The molecular weight excluding hydrogens is 220 g/mol. The number of carboxylic acids is 1. The van der Waals surface area contributed by atoms with Crippen molar-refractivity contribution in [2.24, 2.45) is 5.41 Å². The minimum absolute atomic E-state index is 0.368. The highest BCUT2D eigenvalue weighted by Crippen LogP contribution is 2.40. The molecule has 1 N–H and O–H groups in total. The van der Waals surface area contributed by atoms with Crippen LogP contribution >= 0.6 is 0 Å². The van der Waals surface area contributed by atoms with E-state index in [1.54, 1.807) is 20.8 Å². The Morgan fingerprint density at radius 2 is 1.76 bits per heavy atom. The molecule has 0 bridgehead atoms. The topological polar surface area (TPSA) is 63.6 Å². The minimum Gasteiger partial charge on any atom is -0.480 e. The minimum atomic E-state index is -1.34. The second kappa shape index (κ2) is 4.51. The third kappa shape index (κ3) is 2.51. The molecule has 0 radical (unpaired) electrons. The fraction of sp³-hybridized carbons (Fsp3) is 0.692. The van der Waals surface area contributed by atoms with Gasteiger partial charge >= 0.3 is 11.9 Å².